The Labute approximate surface area is 205 Å². The number of carbonyl (C=O) groups is 1. The van der Waals surface area contributed by atoms with E-state index in [2.05, 4.69) is 16.0 Å². The van der Waals surface area contributed by atoms with Crippen molar-refractivity contribution in [3.63, 3.8) is 0 Å². The Kier molecular flexibility index (Phi) is 5.78. The number of H-pyrrole nitrogens is 1. The average Bonchev–Trinajstić information content (AvgIpc) is 3.53. The molecule has 1 aromatic heterocycles. The van der Waals surface area contributed by atoms with Crippen LogP contribution in [-0.4, -0.2) is 80.5 Å². The number of morpholine rings is 1. The Balaban J connectivity index is 1.36. The second-order valence-electron chi connectivity index (χ2n) is 9.50. The molecule has 6 rings (SSSR count). The topological polar surface area (TPSA) is 86.0 Å². The van der Waals surface area contributed by atoms with Gasteiger partial charge < -0.3 is 19.5 Å². The fourth-order valence-corrected chi connectivity index (χ4v) is 7.03. The van der Waals surface area contributed by atoms with Gasteiger partial charge in [-0.25, -0.2) is 8.42 Å². The summed E-state index contributed by atoms with van der Waals surface area (Å²) < 4.78 is 34.1. The fourth-order valence-electron chi connectivity index (χ4n) is 5.37. The van der Waals surface area contributed by atoms with Gasteiger partial charge in [-0.3, -0.25) is 4.79 Å². The smallest absolute Gasteiger partial charge is 0.243 e. The lowest BCUT2D eigenvalue weighted by Crippen LogP contribution is -2.60. The number of ether oxygens (including phenoxy) is 1. The third-order valence-corrected chi connectivity index (χ3v) is 9.32. The molecule has 184 valence electrons. The average molecular weight is 495 g/mol. The number of nitrogens with zero attached hydrogens (tertiary/aromatic N) is 3. The molecule has 3 saturated heterocycles. The molecule has 1 atom stereocenters. The minimum Gasteiger partial charge on any atom is -0.378 e. The third-order valence-electron chi connectivity index (χ3n) is 7.42. The molecule has 0 aliphatic carbocycles. The van der Waals surface area contributed by atoms with Gasteiger partial charge in [0.15, 0.2) is 0 Å². The Morgan fingerprint density at radius 2 is 1.71 bits per heavy atom. The molecule has 3 aromatic rings. The zero-order valence-electron chi connectivity index (χ0n) is 19.7. The maximum Gasteiger partial charge on any atom is 0.243 e. The lowest BCUT2D eigenvalue weighted by Gasteiger charge is -2.41. The number of sulfonamides is 1. The molecule has 9 heteroatoms. The van der Waals surface area contributed by atoms with Crippen LogP contribution in [0.5, 0.6) is 0 Å². The zero-order chi connectivity index (χ0) is 24.0. The molecule has 1 amide bonds. The van der Waals surface area contributed by atoms with E-state index in [1.54, 1.807) is 17.0 Å². The molecule has 3 fully saturated rings. The summed E-state index contributed by atoms with van der Waals surface area (Å²) in [7, 11) is -3.81. The van der Waals surface area contributed by atoms with Gasteiger partial charge in [0.25, 0.3) is 0 Å². The number of anilines is 1. The van der Waals surface area contributed by atoms with Crippen LogP contribution in [0.15, 0.2) is 53.4 Å². The van der Waals surface area contributed by atoms with Crippen LogP contribution in [0, 0.1) is 0 Å². The fraction of sp³-hybridized carbons (Fsp3) is 0.423. The van der Waals surface area contributed by atoms with Crippen molar-refractivity contribution in [2.24, 2.45) is 0 Å². The number of fused-ring (bicyclic) bond motifs is 1. The van der Waals surface area contributed by atoms with Gasteiger partial charge in [-0.1, -0.05) is 18.2 Å². The van der Waals surface area contributed by atoms with E-state index in [0.717, 1.165) is 53.8 Å². The number of amides is 1. The van der Waals surface area contributed by atoms with Crippen molar-refractivity contribution in [2.75, 3.05) is 50.8 Å². The summed E-state index contributed by atoms with van der Waals surface area (Å²) >= 11 is 0. The lowest BCUT2D eigenvalue weighted by atomic mass is 10.1. The van der Waals surface area contributed by atoms with Crippen LogP contribution in [0.3, 0.4) is 0 Å². The number of aromatic nitrogens is 1. The normalized spacial score (nSPS) is 21.4. The maximum atomic E-state index is 13.7. The zero-order valence-corrected chi connectivity index (χ0v) is 20.5. The van der Waals surface area contributed by atoms with E-state index >= 15 is 0 Å². The van der Waals surface area contributed by atoms with Crippen LogP contribution in [-0.2, 0) is 19.6 Å². The number of rotatable bonds is 5. The van der Waals surface area contributed by atoms with Crippen molar-refractivity contribution in [3.05, 3.63) is 48.5 Å². The number of carbonyl (C=O) groups excluding carboxylic acids is 1. The molecule has 35 heavy (non-hydrogen) atoms. The van der Waals surface area contributed by atoms with Gasteiger partial charge in [0.05, 0.1) is 18.1 Å². The number of hydrogen-bond acceptors (Lipinski definition) is 5. The van der Waals surface area contributed by atoms with Gasteiger partial charge in [0.1, 0.15) is 6.04 Å². The van der Waals surface area contributed by atoms with Crippen molar-refractivity contribution in [3.8, 4) is 11.3 Å². The highest BCUT2D eigenvalue weighted by molar-refractivity contribution is 7.89. The first-order valence-electron chi connectivity index (χ1n) is 12.4. The van der Waals surface area contributed by atoms with Gasteiger partial charge in [-0.15, -0.1) is 0 Å². The van der Waals surface area contributed by atoms with E-state index in [-0.39, 0.29) is 10.8 Å². The van der Waals surface area contributed by atoms with E-state index in [1.807, 2.05) is 30.3 Å². The highest BCUT2D eigenvalue weighted by atomic mass is 32.2. The molecule has 2 aromatic carbocycles. The molecule has 4 heterocycles. The van der Waals surface area contributed by atoms with E-state index in [1.165, 1.54) is 4.31 Å². The molecule has 3 aliphatic heterocycles. The molecule has 8 nitrogen and oxygen atoms in total. The molecule has 1 N–H and O–H groups in total. The summed E-state index contributed by atoms with van der Waals surface area (Å²) in [6, 6.07) is 14.9. The van der Waals surface area contributed by atoms with Gasteiger partial charge in [-0.05, 0) is 49.6 Å². The quantitative estimate of drug-likeness (QED) is 0.589. The first-order valence-corrected chi connectivity index (χ1v) is 13.8. The molecule has 0 spiro atoms. The first kappa shape index (κ1) is 22.6. The largest absolute Gasteiger partial charge is 0.378 e. The molecule has 3 aliphatic rings. The Morgan fingerprint density at radius 3 is 2.43 bits per heavy atom. The number of hydrogen-bond donors (Lipinski definition) is 1. The summed E-state index contributed by atoms with van der Waals surface area (Å²) in [4.78, 5) is 20.8. The number of aromatic amines is 1. The highest BCUT2D eigenvalue weighted by Crippen LogP contribution is 2.38. The minimum atomic E-state index is -3.81. The van der Waals surface area contributed by atoms with Gasteiger partial charge in [0, 0.05) is 60.6 Å². The maximum absolute atomic E-state index is 13.7. The second kappa shape index (κ2) is 8.96. The van der Waals surface area contributed by atoms with Gasteiger partial charge in [0.2, 0.25) is 15.9 Å². The standard InChI is InChI=1S/C26H30N4O4S/c31-26(29-13-15-34-16-14-29)25-9-12-30(25)35(32,33)20-7-8-24(28-10-3-4-11-28)21(18-20)23-17-19-5-1-2-6-22(19)27-23/h1-2,5-8,17-18,25,27H,3-4,9-16H2/t25-/m0/s1. The minimum absolute atomic E-state index is 0.118. The first-order chi connectivity index (χ1) is 17.0. The van der Waals surface area contributed by atoms with Gasteiger partial charge >= 0.3 is 0 Å². The van der Waals surface area contributed by atoms with Crippen LogP contribution in [0.2, 0.25) is 0 Å². The monoisotopic (exact) mass is 494 g/mol. The van der Waals surface area contributed by atoms with E-state index in [9.17, 15) is 13.2 Å². The van der Waals surface area contributed by atoms with E-state index in [0.29, 0.717) is 39.3 Å². The number of nitrogens with one attached hydrogen (secondary N) is 1. The molecular formula is C26H30N4O4S. The van der Waals surface area contributed by atoms with Crippen LogP contribution in [0.25, 0.3) is 22.2 Å². The summed E-state index contributed by atoms with van der Waals surface area (Å²) in [5.41, 5.74) is 3.83. The highest BCUT2D eigenvalue weighted by Gasteiger charge is 2.44. The third kappa shape index (κ3) is 4.01. The summed E-state index contributed by atoms with van der Waals surface area (Å²) in [6.45, 7) is 4.30. The molecule has 0 radical (unpaired) electrons. The molecule has 0 bridgehead atoms. The second-order valence-corrected chi connectivity index (χ2v) is 11.4. The number of benzene rings is 2. The SMILES string of the molecule is O=C([C@@H]1CCN1S(=O)(=O)c1ccc(N2CCCC2)c(-c2cc3ccccc3[nH]2)c1)N1CCOCC1. The Hall–Kier alpha value is -2.88. The molecule has 0 unspecified atom stereocenters. The Bertz CT molecular complexity index is 1320. The van der Waals surface area contributed by atoms with E-state index < -0.39 is 16.1 Å². The lowest BCUT2D eigenvalue weighted by molar-refractivity contribution is -0.142. The van der Waals surface area contributed by atoms with E-state index in [4.69, 9.17) is 4.74 Å². The van der Waals surface area contributed by atoms with Crippen molar-refractivity contribution >= 4 is 32.5 Å². The Morgan fingerprint density at radius 1 is 0.943 bits per heavy atom. The predicted octanol–water partition coefficient (Wildman–Crippen LogP) is 3.06. The summed E-state index contributed by atoms with van der Waals surface area (Å²) in [6.07, 6.45) is 2.81. The predicted molar refractivity (Wildman–Crippen MR) is 135 cm³/mol. The summed E-state index contributed by atoms with van der Waals surface area (Å²) in [5.74, 6) is -0.118. The van der Waals surface area contributed by atoms with Crippen molar-refractivity contribution in [1.82, 2.24) is 14.2 Å². The molecule has 0 saturated carbocycles. The van der Waals surface area contributed by atoms with Crippen LogP contribution < -0.4 is 4.90 Å². The van der Waals surface area contributed by atoms with Crippen molar-refractivity contribution in [2.45, 2.75) is 30.2 Å². The van der Waals surface area contributed by atoms with Crippen LogP contribution in [0.4, 0.5) is 5.69 Å². The van der Waals surface area contributed by atoms with Gasteiger partial charge in [-0.2, -0.15) is 4.31 Å². The van der Waals surface area contributed by atoms with Crippen molar-refractivity contribution < 1.29 is 17.9 Å². The number of para-hydroxylation sites is 1. The van der Waals surface area contributed by atoms with Crippen molar-refractivity contribution in [1.29, 1.82) is 0 Å². The van der Waals surface area contributed by atoms with Crippen LogP contribution in [0.1, 0.15) is 19.3 Å². The van der Waals surface area contributed by atoms with Crippen LogP contribution >= 0.6 is 0 Å². The summed E-state index contributed by atoms with van der Waals surface area (Å²) in [5, 5.41) is 1.09. The molecular weight excluding hydrogens is 464 g/mol.